The van der Waals surface area contributed by atoms with Gasteiger partial charge in [-0.15, -0.1) is 0 Å². The molecule has 6 heteroatoms. The zero-order chi connectivity index (χ0) is 16.4. The summed E-state index contributed by atoms with van der Waals surface area (Å²) >= 11 is 0. The summed E-state index contributed by atoms with van der Waals surface area (Å²) in [4.78, 5) is 14.8. The van der Waals surface area contributed by atoms with Gasteiger partial charge in [0.25, 0.3) is 5.91 Å². The minimum atomic E-state index is -0.871. The van der Waals surface area contributed by atoms with E-state index in [9.17, 15) is 14.4 Å². The Morgan fingerprint density at radius 2 is 2.17 bits per heavy atom. The maximum absolute atomic E-state index is 14.0. The highest BCUT2D eigenvalue weighted by molar-refractivity contribution is 5.88. The fourth-order valence-corrected chi connectivity index (χ4v) is 4.08. The Kier molecular flexibility index (Phi) is 4.66. The van der Waals surface area contributed by atoms with Gasteiger partial charge in [0.15, 0.2) is 0 Å². The summed E-state index contributed by atoms with van der Waals surface area (Å²) in [5.74, 6) is -0.760. The van der Waals surface area contributed by atoms with Crippen LogP contribution in [0.1, 0.15) is 30.4 Å². The maximum atomic E-state index is 14.0. The van der Waals surface area contributed by atoms with Gasteiger partial charge in [-0.25, -0.2) is 9.87 Å². The van der Waals surface area contributed by atoms with E-state index in [0.717, 1.165) is 19.5 Å². The molecule has 0 radical (unpaired) electrons. The van der Waals surface area contributed by atoms with E-state index in [-0.39, 0.29) is 11.9 Å². The van der Waals surface area contributed by atoms with E-state index >= 15 is 0 Å². The van der Waals surface area contributed by atoms with Gasteiger partial charge in [-0.3, -0.25) is 14.9 Å². The molecule has 0 bridgehead atoms. The van der Waals surface area contributed by atoms with Crippen LogP contribution in [0.4, 0.5) is 4.39 Å². The Balaban J connectivity index is 1.93. The summed E-state index contributed by atoms with van der Waals surface area (Å²) in [6.07, 6.45) is 2.04. The number of benzene rings is 1. The number of nitrogens with one attached hydrogen (secondary N) is 1. The topological polar surface area (TPSA) is 61.8 Å². The van der Waals surface area contributed by atoms with Crippen LogP contribution in [0, 0.1) is 12.7 Å². The van der Waals surface area contributed by atoms with Gasteiger partial charge in [-0.05, 0) is 43.4 Å². The molecular formula is C17H23FN2O3. The predicted octanol–water partition coefficient (Wildman–Crippen LogP) is 1.76. The zero-order valence-corrected chi connectivity index (χ0v) is 13.3. The molecule has 1 aromatic carbocycles. The number of rotatable bonds is 3. The molecule has 2 atom stereocenters. The number of ether oxygens (including phenoxy) is 1. The minimum Gasteiger partial charge on any atom is -0.379 e. The highest BCUT2D eigenvalue weighted by atomic mass is 19.1. The van der Waals surface area contributed by atoms with E-state index in [1.165, 1.54) is 6.07 Å². The molecule has 2 fully saturated rings. The number of carbonyl (C=O) groups is 1. The summed E-state index contributed by atoms with van der Waals surface area (Å²) < 4.78 is 19.4. The molecule has 0 spiro atoms. The van der Waals surface area contributed by atoms with Gasteiger partial charge in [0, 0.05) is 19.1 Å². The van der Waals surface area contributed by atoms with E-state index in [2.05, 4.69) is 4.90 Å². The van der Waals surface area contributed by atoms with Crippen molar-refractivity contribution in [1.29, 1.82) is 0 Å². The average Bonchev–Trinajstić information content (AvgIpc) is 3.04. The van der Waals surface area contributed by atoms with Crippen LogP contribution in [-0.2, 0) is 14.9 Å². The molecule has 1 aliphatic heterocycles. The largest absolute Gasteiger partial charge is 0.379 e. The van der Waals surface area contributed by atoms with Crippen molar-refractivity contribution in [3.63, 3.8) is 0 Å². The summed E-state index contributed by atoms with van der Waals surface area (Å²) in [6.45, 7) is 4.80. The van der Waals surface area contributed by atoms with Gasteiger partial charge in [0.1, 0.15) is 5.82 Å². The van der Waals surface area contributed by atoms with E-state index in [1.807, 2.05) is 5.48 Å². The minimum absolute atomic E-state index is 0.249. The molecule has 1 unspecified atom stereocenters. The second kappa shape index (κ2) is 6.55. The van der Waals surface area contributed by atoms with Gasteiger partial charge in [-0.1, -0.05) is 12.1 Å². The molecule has 2 aliphatic rings. The van der Waals surface area contributed by atoms with Crippen molar-refractivity contribution in [2.75, 3.05) is 26.3 Å². The first-order valence-corrected chi connectivity index (χ1v) is 8.10. The molecule has 1 saturated heterocycles. The van der Waals surface area contributed by atoms with Crippen LogP contribution in [-0.4, -0.2) is 48.4 Å². The first-order chi connectivity index (χ1) is 11.1. The smallest absolute Gasteiger partial charge is 0.254 e. The van der Waals surface area contributed by atoms with Gasteiger partial charge in [-0.2, -0.15) is 0 Å². The molecule has 1 aromatic rings. The van der Waals surface area contributed by atoms with E-state index in [1.54, 1.807) is 19.1 Å². The molecule has 23 heavy (non-hydrogen) atoms. The number of carbonyl (C=O) groups excluding carboxylic acids is 1. The molecular weight excluding hydrogens is 299 g/mol. The molecule has 1 amide bonds. The monoisotopic (exact) mass is 322 g/mol. The normalized spacial score (nSPS) is 28.7. The van der Waals surface area contributed by atoms with Crippen molar-refractivity contribution >= 4 is 5.91 Å². The number of hydrogen-bond acceptors (Lipinski definition) is 4. The number of hydroxylamine groups is 1. The van der Waals surface area contributed by atoms with Crippen LogP contribution < -0.4 is 5.48 Å². The summed E-state index contributed by atoms with van der Waals surface area (Å²) in [5, 5.41) is 9.25. The van der Waals surface area contributed by atoms with Crippen LogP contribution >= 0.6 is 0 Å². The molecule has 1 heterocycles. The molecule has 1 saturated carbocycles. The Labute approximate surface area is 135 Å². The van der Waals surface area contributed by atoms with Crippen molar-refractivity contribution in [2.24, 2.45) is 0 Å². The summed E-state index contributed by atoms with van der Waals surface area (Å²) in [5.41, 5.74) is 2.11. The number of amides is 1. The van der Waals surface area contributed by atoms with Crippen LogP contribution in [0.2, 0.25) is 0 Å². The molecule has 2 N–H and O–H groups in total. The lowest BCUT2D eigenvalue weighted by Crippen LogP contribution is -2.46. The Morgan fingerprint density at radius 3 is 2.87 bits per heavy atom. The number of morpholine rings is 1. The van der Waals surface area contributed by atoms with Crippen LogP contribution in [0.5, 0.6) is 0 Å². The Bertz CT molecular complexity index is 589. The SMILES string of the molecule is Cc1c(F)cccc1[C@]1(C(=O)NO)CCC(N2CCOCC2)C1. The van der Waals surface area contributed by atoms with Gasteiger partial charge in [0.2, 0.25) is 0 Å². The van der Waals surface area contributed by atoms with Crippen molar-refractivity contribution in [1.82, 2.24) is 10.4 Å². The highest BCUT2D eigenvalue weighted by Crippen LogP contribution is 2.44. The van der Waals surface area contributed by atoms with Crippen LogP contribution in [0.25, 0.3) is 0 Å². The second-order valence-electron chi connectivity index (χ2n) is 6.48. The van der Waals surface area contributed by atoms with Crippen molar-refractivity contribution in [2.45, 2.75) is 37.6 Å². The standard InChI is InChI=1S/C17H23FN2O3/c1-12-14(3-2-4-15(12)18)17(16(21)19-22)6-5-13(11-17)20-7-9-23-10-8-20/h2-4,13,22H,5-11H2,1H3,(H,19,21)/t13?,17-/m0/s1. The quantitative estimate of drug-likeness (QED) is 0.658. The van der Waals surface area contributed by atoms with Crippen molar-refractivity contribution < 1.29 is 19.1 Å². The fourth-order valence-electron chi connectivity index (χ4n) is 4.08. The van der Waals surface area contributed by atoms with E-state index in [4.69, 9.17) is 4.74 Å². The summed E-state index contributed by atoms with van der Waals surface area (Å²) in [6, 6.07) is 5.08. The fraction of sp³-hybridized carbons (Fsp3) is 0.588. The number of hydrogen-bond donors (Lipinski definition) is 2. The zero-order valence-electron chi connectivity index (χ0n) is 13.3. The average molecular weight is 322 g/mol. The van der Waals surface area contributed by atoms with E-state index in [0.29, 0.717) is 37.2 Å². The third-order valence-corrected chi connectivity index (χ3v) is 5.37. The number of nitrogens with zero attached hydrogens (tertiary/aromatic N) is 1. The van der Waals surface area contributed by atoms with Gasteiger partial charge in [0.05, 0.1) is 18.6 Å². The first kappa shape index (κ1) is 16.4. The second-order valence-corrected chi connectivity index (χ2v) is 6.48. The van der Waals surface area contributed by atoms with Crippen LogP contribution in [0.3, 0.4) is 0 Å². The lowest BCUT2D eigenvalue weighted by Gasteiger charge is -2.34. The maximum Gasteiger partial charge on any atom is 0.254 e. The third-order valence-electron chi connectivity index (χ3n) is 5.37. The van der Waals surface area contributed by atoms with Gasteiger partial charge < -0.3 is 4.74 Å². The lowest BCUT2D eigenvalue weighted by atomic mass is 9.75. The van der Waals surface area contributed by atoms with Crippen molar-refractivity contribution in [3.05, 3.63) is 35.1 Å². The first-order valence-electron chi connectivity index (χ1n) is 8.10. The lowest BCUT2D eigenvalue weighted by molar-refractivity contribution is -0.135. The molecule has 126 valence electrons. The molecule has 3 rings (SSSR count). The molecule has 5 nitrogen and oxygen atoms in total. The van der Waals surface area contributed by atoms with Crippen LogP contribution in [0.15, 0.2) is 18.2 Å². The third kappa shape index (κ3) is 2.86. The Hall–Kier alpha value is -1.50. The Morgan fingerprint density at radius 1 is 1.43 bits per heavy atom. The molecule has 1 aliphatic carbocycles. The van der Waals surface area contributed by atoms with Gasteiger partial charge >= 0.3 is 0 Å². The highest BCUT2D eigenvalue weighted by Gasteiger charge is 2.49. The summed E-state index contributed by atoms with van der Waals surface area (Å²) in [7, 11) is 0. The van der Waals surface area contributed by atoms with Crippen molar-refractivity contribution in [3.8, 4) is 0 Å². The molecule has 0 aromatic heterocycles. The van der Waals surface area contributed by atoms with E-state index < -0.39 is 11.3 Å². The number of halogens is 1. The predicted molar refractivity (Wildman–Crippen MR) is 82.8 cm³/mol.